The van der Waals surface area contributed by atoms with Crippen LogP contribution in [0.1, 0.15) is 18.9 Å². The van der Waals surface area contributed by atoms with Gasteiger partial charge in [-0.05, 0) is 36.6 Å². The van der Waals surface area contributed by atoms with Crippen LogP contribution in [0, 0.1) is 0 Å². The van der Waals surface area contributed by atoms with Gasteiger partial charge in [0.05, 0.1) is 0 Å². The summed E-state index contributed by atoms with van der Waals surface area (Å²) in [5.74, 6) is -0.811. The lowest BCUT2D eigenvalue weighted by Crippen LogP contribution is -2.51. The molecule has 2 N–H and O–H groups in total. The van der Waals surface area contributed by atoms with Crippen LogP contribution in [-0.2, 0) is 10.2 Å². The van der Waals surface area contributed by atoms with Crippen molar-refractivity contribution in [2.75, 3.05) is 6.54 Å². The lowest BCUT2D eigenvalue weighted by atomic mass is 9.74. The quantitative estimate of drug-likeness (QED) is 0.848. The van der Waals surface area contributed by atoms with E-state index in [1.54, 1.807) is 6.92 Å². The van der Waals surface area contributed by atoms with E-state index >= 15 is 0 Å². The van der Waals surface area contributed by atoms with Crippen molar-refractivity contribution in [2.45, 2.75) is 24.8 Å². The molecule has 2 aromatic carbocycles. The van der Waals surface area contributed by atoms with Crippen LogP contribution in [0.15, 0.2) is 66.7 Å². The van der Waals surface area contributed by atoms with E-state index in [0.29, 0.717) is 0 Å². The summed E-state index contributed by atoms with van der Waals surface area (Å²) in [5, 5.41) is 13.2. The van der Waals surface area contributed by atoms with Gasteiger partial charge in [0.2, 0.25) is 0 Å². The maximum absolute atomic E-state index is 12.0. The zero-order valence-corrected chi connectivity index (χ0v) is 13.2. The van der Waals surface area contributed by atoms with Crippen LogP contribution >= 0.6 is 0 Å². The smallest absolute Gasteiger partial charge is 0.315 e. The first-order valence-corrected chi connectivity index (χ1v) is 7.92. The Morgan fingerprint density at radius 3 is 2.30 bits per heavy atom. The minimum Gasteiger partial charge on any atom is -0.481 e. The standard InChI is InChI=1S/C20H21NO2/c1-20(19(22)23,18-9-5-6-14-21-18)17-12-10-16(11-13-17)15-7-3-2-4-8-15/h2-5,7-13,18,21H,6,14H2,1H3,(H,22,23)/t18-,20?/m1/s1. The Hall–Kier alpha value is -2.39. The molecule has 1 aliphatic rings. The summed E-state index contributed by atoms with van der Waals surface area (Å²) in [7, 11) is 0. The van der Waals surface area contributed by atoms with Gasteiger partial charge in [-0.3, -0.25) is 4.79 Å². The molecule has 0 saturated carbocycles. The zero-order valence-electron chi connectivity index (χ0n) is 13.2. The third-order valence-corrected chi connectivity index (χ3v) is 4.66. The Labute approximate surface area is 136 Å². The summed E-state index contributed by atoms with van der Waals surface area (Å²) in [6, 6.07) is 17.8. The molecule has 0 bridgehead atoms. The highest BCUT2D eigenvalue weighted by Crippen LogP contribution is 2.32. The van der Waals surface area contributed by atoms with E-state index in [4.69, 9.17) is 0 Å². The predicted octanol–water partition coefficient (Wildman–Crippen LogP) is 3.61. The van der Waals surface area contributed by atoms with E-state index in [1.807, 2.05) is 48.5 Å². The first-order chi connectivity index (χ1) is 11.1. The Kier molecular flexibility index (Phi) is 4.30. The third-order valence-electron chi connectivity index (χ3n) is 4.66. The Balaban J connectivity index is 1.96. The normalized spacial score (nSPS) is 20.0. The van der Waals surface area contributed by atoms with Crippen LogP contribution < -0.4 is 5.32 Å². The molecular formula is C20H21NO2. The maximum Gasteiger partial charge on any atom is 0.315 e. The van der Waals surface area contributed by atoms with Crippen molar-refractivity contribution >= 4 is 5.97 Å². The molecule has 1 aliphatic heterocycles. The number of nitrogens with one attached hydrogen (secondary N) is 1. The monoisotopic (exact) mass is 307 g/mol. The molecule has 0 radical (unpaired) electrons. The second-order valence-electron chi connectivity index (χ2n) is 6.10. The van der Waals surface area contributed by atoms with Gasteiger partial charge in [-0.15, -0.1) is 0 Å². The average Bonchev–Trinajstić information content (AvgIpc) is 2.62. The second kappa shape index (κ2) is 6.39. The topological polar surface area (TPSA) is 49.3 Å². The summed E-state index contributed by atoms with van der Waals surface area (Å²) in [6.45, 7) is 2.60. The van der Waals surface area contributed by atoms with Gasteiger partial charge in [-0.1, -0.05) is 66.7 Å². The molecule has 0 saturated heterocycles. The molecule has 0 fully saturated rings. The van der Waals surface area contributed by atoms with Crippen molar-refractivity contribution < 1.29 is 9.90 Å². The van der Waals surface area contributed by atoms with Gasteiger partial charge in [-0.2, -0.15) is 0 Å². The van der Waals surface area contributed by atoms with E-state index in [1.165, 1.54) is 0 Å². The number of hydrogen-bond donors (Lipinski definition) is 2. The van der Waals surface area contributed by atoms with Gasteiger partial charge in [0.25, 0.3) is 0 Å². The fraction of sp³-hybridized carbons (Fsp3) is 0.250. The van der Waals surface area contributed by atoms with Gasteiger partial charge in [0.15, 0.2) is 0 Å². The fourth-order valence-electron chi connectivity index (χ4n) is 3.09. The molecular weight excluding hydrogens is 286 g/mol. The van der Waals surface area contributed by atoms with E-state index in [0.717, 1.165) is 29.7 Å². The van der Waals surface area contributed by atoms with E-state index in [2.05, 4.69) is 23.5 Å². The van der Waals surface area contributed by atoms with Crippen molar-refractivity contribution in [1.82, 2.24) is 5.32 Å². The maximum atomic E-state index is 12.0. The summed E-state index contributed by atoms with van der Waals surface area (Å²) in [4.78, 5) is 12.0. The average molecular weight is 307 g/mol. The summed E-state index contributed by atoms with van der Waals surface area (Å²) in [5.41, 5.74) is 2.06. The molecule has 118 valence electrons. The highest BCUT2D eigenvalue weighted by atomic mass is 16.4. The van der Waals surface area contributed by atoms with Crippen LogP contribution in [-0.4, -0.2) is 23.7 Å². The van der Waals surface area contributed by atoms with Crippen molar-refractivity contribution in [1.29, 1.82) is 0 Å². The number of aliphatic carboxylic acids is 1. The van der Waals surface area contributed by atoms with Gasteiger partial charge >= 0.3 is 5.97 Å². The lowest BCUT2D eigenvalue weighted by Gasteiger charge is -2.35. The Morgan fingerprint density at radius 1 is 1.09 bits per heavy atom. The molecule has 2 atom stereocenters. The van der Waals surface area contributed by atoms with Crippen LogP contribution in [0.4, 0.5) is 0 Å². The molecule has 0 aromatic heterocycles. The lowest BCUT2D eigenvalue weighted by molar-refractivity contribution is -0.144. The van der Waals surface area contributed by atoms with E-state index < -0.39 is 11.4 Å². The largest absolute Gasteiger partial charge is 0.481 e. The van der Waals surface area contributed by atoms with Crippen molar-refractivity contribution in [3.63, 3.8) is 0 Å². The van der Waals surface area contributed by atoms with Gasteiger partial charge in [0, 0.05) is 6.04 Å². The molecule has 0 aliphatic carbocycles. The minimum absolute atomic E-state index is 0.198. The molecule has 0 amide bonds. The van der Waals surface area contributed by atoms with Crippen molar-refractivity contribution in [3.8, 4) is 11.1 Å². The second-order valence-corrected chi connectivity index (χ2v) is 6.10. The SMILES string of the molecule is CC(C(=O)O)(c1ccc(-c2ccccc2)cc1)[C@H]1C=CCCN1. The van der Waals surface area contributed by atoms with Crippen molar-refractivity contribution in [3.05, 3.63) is 72.3 Å². The third kappa shape index (κ3) is 2.92. The molecule has 1 unspecified atom stereocenters. The van der Waals surface area contributed by atoms with Crippen LogP contribution in [0.5, 0.6) is 0 Å². The van der Waals surface area contributed by atoms with E-state index in [-0.39, 0.29) is 6.04 Å². The molecule has 3 rings (SSSR count). The molecule has 0 spiro atoms. The molecule has 23 heavy (non-hydrogen) atoms. The number of carbonyl (C=O) groups is 1. The number of carboxylic acids is 1. The molecule has 3 heteroatoms. The number of carboxylic acid groups (broad SMARTS) is 1. The van der Waals surface area contributed by atoms with Crippen LogP contribution in [0.25, 0.3) is 11.1 Å². The summed E-state index contributed by atoms with van der Waals surface area (Å²) in [6.07, 6.45) is 4.97. The van der Waals surface area contributed by atoms with Crippen molar-refractivity contribution in [2.24, 2.45) is 0 Å². The fourth-order valence-corrected chi connectivity index (χ4v) is 3.09. The molecule has 3 nitrogen and oxygen atoms in total. The highest BCUT2D eigenvalue weighted by Gasteiger charge is 2.42. The van der Waals surface area contributed by atoms with E-state index in [9.17, 15) is 9.90 Å². The Bertz CT molecular complexity index is 706. The van der Waals surface area contributed by atoms with Gasteiger partial charge in [0.1, 0.15) is 5.41 Å². The Morgan fingerprint density at radius 2 is 1.74 bits per heavy atom. The first kappa shape index (κ1) is 15.5. The highest BCUT2D eigenvalue weighted by molar-refractivity contribution is 5.83. The summed E-state index contributed by atoms with van der Waals surface area (Å²) < 4.78 is 0. The summed E-state index contributed by atoms with van der Waals surface area (Å²) >= 11 is 0. The zero-order chi connectivity index (χ0) is 16.3. The number of benzene rings is 2. The van der Waals surface area contributed by atoms with Crippen LogP contribution in [0.3, 0.4) is 0 Å². The van der Waals surface area contributed by atoms with Crippen LogP contribution in [0.2, 0.25) is 0 Å². The van der Waals surface area contributed by atoms with Gasteiger partial charge < -0.3 is 10.4 Å². The predicted molar refractivity (Wildman–Crippen MR) is 92.4 cm³/mol. The number of rotatable bonds is 4. The molecule has 2 aromatic rings. The number of hydrogen-bond acceptors (Lipinski definition) is 2. The first-order valence-electron chi connectivity index (χ1n) is 7.92. The van der Waals surface area contributed by atoms with Gasteiger partial charge in [-0.25, -0.2) is 0 Å². The molecule has 1 heterocycles. The minimum atomic E-state index is -0.980.